The monoisotopic (exact) mass is 315 g/mol. The van der Waals surface area contributed by atoms with Gasteiger partial charge in [-0.1, -0.05) is 18.2 Å². The van der Waals surface area contributed by atoms with Crippen LogP contribution >= 0.6 is 0 Å². The summed E-state index contributed by atoms with van der Waals surface area (Å²) in [7, 11) is 0. The van der Waals surface area contributed by atoms with Gasteiger partial charge in [0.2, 0.25) is 0 Å². The average Bonchev–Trinajstić information content (AvgIpc) is 3.16. The molecule has 0 saturated heterocycles. The number of hydrogen-bond acceptors (Lipinski definition) is 5. The molecule has 0 saturated carbocycles. The third-order valence-corrected chi connectivity index (χ3v) is 3.46. The molecule has 0 atom stereocenters. The van der Waals surface area contributed by atoms with Crippen molar-refractivity contribution in [1.82, 2.24) is 9.78 Å². The van der Waals surface area contributed by atoms with E-state index in [0.29, 0.717) is 11.4 Å². The molecule has 0 radical (unpaired) electrons. The van der Waals surface area contributed by atoms with Gasteiger partial charge < -0.3 is 10.2 Å². The lowest BCUT2D eigenvalue weighted by Gasteiger charge is -2.02. The fourth-order valence-corrected chi connectivity index (χ4v) is 2.32. The van der Waals surface area contributed by atoms with Crippen molar-refractivity contribution >= 4 is 17.5 Å². The number of nitriles is 2. The molecule has 0 fully saturated rings. The summed E-state index contributed by atoms with van der Waals surface area (Å²) in [6.45, 7) is 1.81. The Morgan fingerprint density at radius 3 is 2.54 bits per heavy atom. The standard InChI is InChI=1S/C18H13N5O/c1-12-7-8-15(24-12)9-13(10-19)17-16(11-20)18(21)23(22-17)14-5-3-2-4-6-14/h2-9H,21H2,1H3. The molecule has 0 aliphatic carbocycles. The highest BCUT2D eigenvalue weighted by atomic mass is 16.3. The molecule has 0 unspecified atom stereocenters. The van der Waals surface area contributed by atoms with E-state index in [1.54, 1.807) is 18.2 Å². The molecule has 6 nitrogen and oxygen atoms in total. The number of benzene rings is 1. The zero-order chi connectivity index (χ0) is 17.1. The van der Waals surface area contributed by atoms with Crippen molar-refractivity contribution in [1.29, 1.82) is 10.5 Å². The molecule has 2 N–H and O–H groups in total. The number of furan rings is 1. The van der Waals surface area contributed by atoms with Crippen LogP contribution in [-0.4, -0.2) is 9.78 Å². The van der Waals surface area contributed by atoms with E-state index >= 15 is 0 Å². The molecule has 0 amide bonds. The van der Waals surface area contributed by atoms with Crippen molar-refractivity contribution in [3.63, 3.8) is 0 Å². The predicted molar refractivity (Wildman–Crippen MR) is 89.6 cm³/mol. The minimum atomic E-state index is 0.162. The molecule has 0 spiro atoms. The van der Waals surface area contributed by atoms with E-state index < -0.39 is 0 Å². The van der Waals surface area contributed by atoms with E-state index in [-0.39, 0.29) is 22.6 Å². The van der Waals surface area contributed by atoms with Crippen molar-refractivity contribution in [3.05, 3.63) is 65.2 Å². The van der Waals surface area contributed by atoms with Crippen LogP contribution in [0, 0.1) is 29.6 Å². The summed E-state index contributed by atoms with van der Waals surface area (Å²) in [5.74, 6) is 1.43. The van der Waals surface area contributed by atoms with Crippen LogP contribution in [0.1, 0.15) is 22.8 Å². The van der Waals surface area contributed by atoms with Crippen molar-refractivity contribution in [2.24, 2.45) is 0 Å². The Morgan fingerprint density at radius 1 is 1.21 bits per heavy atom. The van der Waals surface area contributed by atoms with Crippen LogP contribution in [0.15, 0.2) is 46.9 Å². The Morgan fingerprint density at radius 2 is 1.96 bits per heavy atom. The van der Waals surface area contributed by atoms with Crippen LogP contribution in [-0.2, 0) is 0 Å². The summed E-state index contributed by atoms with van der Waals surface area (Å²) in [4.78, 5) is 0. The lowest BCUT2D eigenvalue weighted by atomic mass is 10.1. The van der Waals surface area contributed by atoms with Crippen LogP contribution in [0.2, 0.25) is 0 Å². The van der Waals surface area contributed by atoms with Gasteiger partial charge in [-0.2, -0.15) is 15.6 Å². The Labute approximate surface area is 138 Å². The average molecular weight is 315 g/mol. The summed E-state index contributed by atoms with van der Waals surface area (Å²) < 4.78 is 6.91. The normalized spacial score (nSPS) is 11.0. The smallest absolute Gasteiger partial charge is 0.145 e. The Hall–Kier alpha value is -3.77. The highest BCUT2D eigenvalue weighted by molar-refractivity contribution is 5.90. The maximum absolute atomic E-state index is 9.48. The molecular weight excluding hydrogens is 302 g/mol. The lowest BCUT2D eigenvalue weighted by molar-refractivity contribution is 0.525. The first-order valence-corrected chi connectivity index (χ1v) is 7.16. The van der Waals surface area contributed by atoms with Crippen LogP contribution in [0.4, 0.5) is 5.82 Å². The first-order valence-electron chi connectivity index (χ1n) is 7.16. The second kappa shape index (κ2) is 6.15. The summed E-state index contributed by atoms with van der Waals surface area (Å²) in [6, 6.07) is 16.8. The molecule has 0 aliphatic rings. The quantitative estimate of drug-likeness (QED) is 0.747. The van der Waals surface area contributed by atoms with Gasteiger partial charge in [0.15, 0.2) is 0 Å². The number of nitrogens with zero attached hydrogens (tertiary/aromatic N) is 4. The van der Waals surface area contributed by atoms with Crippen molar-refractivity contribution in [2.45, 2.75) is 6.92 Å². The summed E-state index contributed by atoms with van der Waals surface area (Å²) in [5, 5.41) is 23.3. The molecule has 3 aromatic rings. The number of para-hydroxylation sites is 1. The maximum Gasteiger partial charge on any atom is 0.145 e. The van der Waals surface area contributed by atoms with Crippen molar-refractivity contribution in [2.75, 3.05) is 5.73 Å². The lowest BCUT2D eigenvalue weighted by Crippen LogP contribution is -2.02. The number of nitrogens with two attached hydrogens (primary N) is 1. The SMILES string of the molecule is Cc1ccc(C=C(C#N)c2nn(-c3ccccc3)c(N)c2C#N)o1. The molecule has 1 aromatic carbocycles. The molecule has 2 aromatic heterocycles. The number of allylic oxidation sites excluding steroid dienone is 1. The Kier molecular flexibility index (Phi) is 3.88. The van der Waals surface area contributed by atoms with E-state index in [1.165, 1.54) is 4.68 Å². The first-order chi connectivity index (χ1) is 11.6. The van der Waals surface area contributed by atoms with E-state index in [2.05, 4.69) is 11.2 Å². The number of anilines is 1. The van der Waals surface area contributed by atoms with Gasteiger partial charge in [0.25, 0.3) is 0 Å². The van der Waals surface area contributed by atoms with E-state index in [0.717, 1.165) is 5.76 Å². The van der Waals surface area contributed by atoms with E-state index in [4.69, 9.17) is 10.2 Å². The van der Waals surface area contributed by atoms with Gasteiger partial charge in [0.05, 0.1) is 11.3 Å². The molecular formula is C18H13N5O. The van der Waals surface area contributed by atoms with E-state index in [1.807, 2.05) is 43.3 Å². The summed E-state index contributed by atoms with van der Waals surface area (Å²) >= 11 is 0. The largest absolute Gasteiger partial charge is 0.462 e. The third-order valence-electron chi connectivity index (χ3n) is 3.46. The van der Waals surface area contributed by atoms with Crippen LogP contribution in [0.3, 0.4) is 0 Å². The van der Waals surface area contributed by atoms with Crippen molar-refractivity contribution < 1.29 is 4.42 Å². The molecule has 3 rings (SSSR count). The number of aryl methyl sites for hydroxylation is 1. The fourth-order valence-electron chi connectivity index (χ4n) is 2.32. The molecule has 0 bridgehead atoms. The van der Waals surface area contributed by atoms with Gasteiger partial charge in [0, 0.05) is 6.08 Å². The van der Waals surface area contributed by atoms with Gasteiger partial charge in [-0.15, -0.1) is 0 Å². The molecule has 24 heavy (non-hydrogen) atoms. The first kappa shape index (κ1) is 15.1. The highest BCUT2D eigenvalue weighted by Gasteiger charge is 2.20. The van der Waals surface area contributed by atoms with Gasteiger partial charge in [-0.25, -0.2) is 4.68 Å². The van der Waals surface area contributed by atoms with Crippen LogP contribution in [0.25, 0.3) is 17.3 Å². The summed E-state index contributed by atoms with van der Waals surface area (Å²) in [6.07, 6.45) is 1.55. The molecule has 2 heterocycles. The van der Waals surface area contributed by atoms with Gasteiger partial charge in [-0.3, -0.25) is 0 Å². The second-order valence-corrected chi connectivity index (χ2v) is 5.09. The molecule has 0 aliphatic heterocycles. The zero-order valence-corrected chi connectivity index (χ0v) is 12.9. The number of hydrogen-bond donors (Lipinski definition) is 1. The maximum atomic E-state index is 9.48. The van der Waals surface area contributed by atoms with E-state index in [9.17, 15) is 10.5 Å². The summed E-state index contributed by atoms with van der Waals surface area (Å²) in [5.41, 5.74) is 7.37. The second-order valence-electron chi connectivity index (χ2n) is 5.09. The van der Waals surface area contributed by atoms with Crippen molar-refractivity contribution in [3.8, 4) is 17.8 Å². The topological polar surface area (TPSA) is 105 Å². The highest BCUT2D eigenvalue weighted by Crippen LogP contribution is 2.27. The third kappa shape index (κ3) is 2.65. The Balaban J connectivity index is 2.16. The van der Waals surface area contributed by atoms with Gasteiger partial charge >= 0.3 is 0 Å². The zero-order valence-electron chi connectivity index (χ0n) is 12.9. The van der Waals surface area contributed by atoms with Crippen LogP contribution in [0.5, 0.6) is 0 Å². The molecule has 6 heteroatoms. The number of aromatic nitrogens is 2. The minimum Gasteiger partial charge on any atom is -0.462 e. The Bertz CT molecular complexity index is 996. The predicted octanol–water partition coefficient (Wildman–Crippen LogP) is 3.29. The van der Waals surface area contributed by atoms with Gasteiger partial charge in [0.1, 0.15) is 40.7 Å². The number of rotatable bonds is 3. The van der Waals surface area contributed by atoms with Gasteiger partial charge in [-0.05, 0) is 31.2 Å². The fraction of sp³-hybridized carbons (Fsp3) is 0.0556. The number of nitrogen functional groups attached to an aromatic ring is 1. The minimum absolute atomic E-state index is 0.162. The van der Waals surface area contributed by atoms with Crippen LogP contribution < -0.4 is 5.73 Å². The molecule has 116 valence electrons.